The van der Waals surface area contributed by atoms with E-state index in [-0.39, 0.29) is 10.8 Å². The molecule has 98 heavy (non-hydrogen) atoms. The van der Waals surface area contributed by atoms with E-state index in [0.29, 0.717) is 34.9 Å². The summed E-state index contributed by atoms with van der Waals surface area (Å²) in [5.41, 5.74) is 21.8. The van der Waals surface area contributed by atoms with Crippen molar-refractivity contribution in [2.24, 2.45) is 0 Å². The Morgan fingerprint density at radius 3 is 1.17 bits per heavy atom. The van der Waals surface area contributed by atoms with Crippen LogP contribution in [0.15, 0.2) is 322 Å². The lowest BCUT2D eigenvalue weighted by Gasteiger charge is -2.45. The van der Waals surface area contributed by atoms with Gasteiger partial charge in [0.25, 0.3) is 0 Å². The van der Waals surface area contributed by atoms with Crippen molar-refractivity contribution in [3.63, 3.8) is 0 Å². The van der Waals surface area contributed by atoms with Gasteiger partial charge in [-0.1, -0.05) is 264 Å². The number of para-hydroxylation sites is 3. The fraction of sp³-hybridized carbons (Fsp3) is 0.0787. The van der Waals surface area contributed by atoms with Crippen LogP contribution in [0.2, 0.25) is 0 Å². The largest absolute Gasteiger partial charge is 0.311 e. The molecule has 468 valence electrons. The molecule has 0 spiro atoms. The Morgan fingerprint density at radius 2 is 0.684 bits per heavy atom. The SMILES string of the molecule is C=CC1=C(C)C(C)(C)c2cc3c(cc21)C(C)(C)c1ccccc1N3c1ccc(-c2nc(-c3ccccc3)nc(-c3cccc(-c4ccc([Si]5(c6ccccc6)c6ccccc6N(c6ccc(-c7nc(-c8ccccc8)nc(-c8ccccc8)n7)cc6)c6ccccc65)cc4)c3)n2)cc1. The number of aromatic nitrogens is 6. The lowest BCUT2D eigenvalue weighted by molar-refractivity contribution is 0.621. The molecule has 0 fully saturated rings. The topological polar surface area (TPSA) is 83.8 Å². The molecule has 0 atom stereocenters. The van der Waals surface area contributed by atoms with Crippen molar-refractivity contribution in [1.29, 1.82) is 0 Å². The predicted molar refractivity (Wildman–Crippen MR) is 406 cm³/mol. The molecule has 2 aliphatic heterocycles. The molecule has 12 aromatic carbocycles. The van der Waals surface area contributed by atoms with E-state index in [0.717, 1.165) is 67.3 Å². The zero-order valence-electron chi connectivity index (χ0n) is 55.2. The van der Waals surface area contributed by atoms with Crippen LogP contribution in [-0.4, -0.2) is 38.0 Å². The molecule has 8 nitrogen and oxygen atoms in total. The number of benzene rings is 12. The molecule has 0 unspecified atom stereocenters. The van der Waals surface area contributed by atoms with E-state index in [1.54, 1.807) is 0 Å². The molecule has 0 saturated heterocycles. The molecule has 0 amide bonds. The molecular weight excluding hydrogens is 1210 g/mol. The minimum atomic E-state index is -3.02. The molecule has 17 rings (SSSR count). The van der Waals surface area contributed by atoms with Crippen molar-refractivity contribution in [2.45, 2.75) is 45.4 Å². The second-order valence-electron chi connectivity index (χ2n) is 26.7. The molecule has 2 aromatic heterocycles. The first-order chi connectivity index (χ1) is 47.9. The maximum atomic E-state index is 5.32. The number of hydrogen-bond donors (Lipinski definition) is 0. The van der Waals surface area contributed by atoms with Gasteiger partial charge < -0.3 is 9.80 Å². The average molecular weight is 1280 g/mol. The van der Waals surface area contributed by atoms with Crippen LogP contribution in [0.1, 0.15) is 56.9 Å². The molecule has 0 bridgehead atoms. The molecule has 0 saturated carbocycles. The van der Waals surface area contributed by atoms with Gasteiger partial charge in [0.1, 0.15) is 0 Å². The summed E-state index contributed by atoms with van der Waals surface area (Å²) in [7, 11) is -3.02. The fourth-order valence-corrected chi connectivity index (χ4v) is 20.4. The molecule has 0 radical (unpaired) electrons. The fourth-order valence-electron chi connectivity index (χ4n) is 15.3. The van der Waals surface area contributed by atoms with Crippen molar-refractivity contribution >= 4 is 68.5 Å². The summed E-state index contributed by atoms with van der Waals surface area (Å²) < 4.78 is 0. The van der Waals surface area contributed by atoms with Crippen LogP contribution < -0.4 is 30.5 Å². The summed E-state index contributed by atoms with van der Waals surface area (Å²) in [5, 5.41) is 5.22. The first kappa shape index (κ1) is 59.7. The lowest BCUT2D eigenvalue weighted by atomic mass is 9.71. The van der Waals surface area contributed by atoms with E-state index >= 15 is 0 Å². The highest BCUT2D eigenvalue weighted by molar-refractivity contribution is 7.21. The molecule has 0 N–H and O–H groups in total. The third-order valence-electron chi connectivity index (χ3n) is 20.6. The molecule has 4 heterocycles. The third kappa shape index (κ3) is 9.79. The highest BCUT2D eigenvalue weighted by Gasteiger charge is 2.49. The number of anilines is 6. The Balaban J connectivity index is 0.720. The standard InChI is InChI=1S/C89H68N8Si/c1-7-71-58(2)88(3,4)74-57-79-75(56-72(71)74)89(5,6)73-37-20-21-38-76(73)96(79)67-49-43-64(44-50-67)86-93-84(62-31-16-10-17-32-62)94-87(95-86)66-34-26-33-65(55-66)59-47-53-70(54-48-59)98(69-35-18-11-19-36-69)80-41-24-22-39-77(80)97(78-40-23-25-42-81(78)98)68-51-45-63(46-52-68)85-91-82(60-27-12-8-13-28-60)90-83(92-85)61-29-14-9-15-30-61/h7-57H,1H2,2-6H3. The Hall–Kier alpha value is -12.0. The highest BCUT2D eigenvalue weighted by atomic mass is 28.3. The zero-order valence-corrected chi connectivity index (χ0v) is 56.2. The van der Waals surface area contributed by atoms with Crippen LogP contribution in [-0.2, 0) is 10.8 Å². The number of hydrogen-bond acceptors (Lipinski definition) is 8. The summed E-state index contributed by atoms with van der Waals surface area (Å²) in [6.45, 7) is 15.9. The minimum Gasteiger partial charge on any atom is -0.311 e. The predicted octanol–water partition coefficient (Wildman–Crippen LogP) is 19.2. The minimum absolute atomic E-state index is 0.143. The number of rotatable bonds is 12. The maximum Gasteiger partial charge on any atom is 0.184 e. The summed E-state index contributed by atoms with van der Waals surface area (Å²) in [6, 6.07) is 109. The van der Waals surface area contributed by atoms with Gasteiger partial charge in [-0.25, -0.2) is 29.9 Å². The van der Waals surface area contributed by atoms with E-state index in [9.17, 15) is 0 Å². The molecule has 14 aromatic rings. The van der Waals surface area contributed by atoms with Gasteiger partial charge in [0.15, 0.2) is 43.0 Å². The van der Waals surface area contributed by atoms with Crippen molar-refractivity contribution in [2.75, 3.05) is 9.80 Å². The van der Waals surface area contributed by atoms with Gasteiger partial charge in [-0.15, -0.1) is 0 Å². The van der Waals surface area contributed by atoms with Gasteiger partial charge >= 0.3 is 0 Å². The number of fused-ring (bicyclic) bond motifs is 5. The van der Waals surface area contributed by atoms with Crippen LogP contribution in [0.5, 0.6) is 0 Å². The number of nitrogens with zero attached hydrogens (tertiary/aromatic N) is 8. The van der Waals surface area contributed by atoms with E-state index in [1.165, 1.54) is 65.5 Å². The Labute approximate surface area is 573 Å². The highest BCUT2D eigenvalue weighted by Crippen LogP contribution is 2.57. The van der Waals surface area contributed by atoms with Crippen molar-refractivity contribution < 1.29 is 0 Å². The average Bonchev–Trinajstić information content (AvgIpc) is 0.864. The third-order valence-corrected chi connectivity index (χ3v) is 25.4. The van der Waals surface area contributed by atoms with Crippen molar-refractivity contribution in [3.05, 3.63) is 344 Å². The zero-order chi connectivity index (χ0) is 66.3. The van der Waals surface area contributed by atoms with E-state index in [2.05, 4.69) is 275 Å². The van der Waals surface area contributed by atoms with Gasteiger partial charge in [0.2, 0.25) is 0 Å². The number of allylic oxidation sites excluding steroid dienone is 3. The van der Waals surface area contributed by atoms with Crippen molar-refractivity contribution in [1.82, 2.24) is 29.9 Å². The molecule has 9 heteroatoms. The van der Waals surface area contributed by atoms with E-state index < -0.39 is 8.07 Å². The molecule has 3 aliphatic rings. The summed E-state index contributed by atoms with van der Waals surface area (Å²) in [6.07, 6.45) is 2.04. The van der Waals surface area contributed by atoms with Gasteiger partial charge in [0.05, 0.1) is 11.4 Å². The normalized spacial score (nSPS) is 14.4. The van der Waals surface area contributed by atoms with Crippen LogP contribution in [0, 0.1) is 0 Å². The Morgan fingerprint density at radius 1 is 0.306 bits per heavy atom. The van der Waals surface area contributed by atoms with E-state index in [1.807, 2.05) is 84.9 Å². The van der Waals surface area contributed by atoms with Gasteiger partial charge in [-0.3, -0.25) is 0 Å². The summed E-state index contributed by atoms with van der Waals surface area (Å²) >= 11 is 0. The second kappa shape index (κ2) is 23.7. The lowest BCUT2D eigenvalue weighted by Crippen LogP contribution is -2.77. The first-order valence-corrected chi connectivity index (χ1v) is 35.5. The second-order valence-corrected chi connectivity index (χ2v) is 30.4. The quantitative estimate of drug-likeness (QED) is 0.112. The molecular formula is C89H68N8Si. The van der Waals surface area contributed by atoms with Crippen LogP contribution >= 0.6 is 0 Å². The Kier molecular flexibility index (Phi) is 14.4. The Bertz CT molecular complexity index is 5360. The van der Waals surface area contributed by atoms with Crippen LogP contribution in [0.4, 0.5) is 34.1 Å². The smallest absolute Gasteiger partial charge is 0.184 e. The van der Waals surface area contributed by atoms with E-state index in [4.69, 9.17) is 29.9 Å². The van der Waals surface area contributed by atoms with Crippen molar-refractivity contribution in [3.8, 4) is 79.5 Å². The van der Waals surface area contributed by atoms with Gasteiger partial charge in [-0.05, 0) is 152 Å². The summed E-state index contributed by atoms with van der Waals surface area (Å²) in [5.74, 6) is 3.69. The molecule has 1 aliphatic carbocycles. The van der Waals surface area contributed by atoms with Gasteiger partial charge in [-0.2, -0.15) is 0 Å². The summed E-state index contributed by atoms with van der Waals surface area (Å²) in [4.78, 5) is 35.7. The maximum absolute atomic E-state index is 5.32. The first-order valence-electron chi connectivity index (χ1n) is 33.5. The van der Waals surface area contributed by atoms with Crippen LogP contribution in [0.3, 0.4) is 0 Å². The van der Waals surface area contributed by atoms with Gasteiger partial charge in [0, 0.05) is 67.0 Å². The monoisotopic (exact) mass is 1280 g/mol. The van der Waals surface area contributed by atoms with Crippen LogP contribution in [0.25, 0.3) is 85.0 Å².